The second-order valence-electron chi connectivity index (χ2n) is 5.73. The SMILES string of the molecule is O=C(c1cccc2nncn12)N1CCOC2CCCCC21. The first-order valence-electron chi connectivity index (χ1n) is 7.56. The van der Waals surface area contributed by atoms with Gasteiger partial charge in [-0.05, 0) is 25.0 Å². The fraction of sp³-hybridized carbons (Fsp3) is 0.533. The summed E-state index contributed by atoms with van der Waals surface area (Å²) in [5.74, 6) is 0.0561. The maximum Gasteiger partial charge on any atom is 0.271 e. The summed E-state index contributed by atoms with van der Waals surface area (Å²) in [5, 5.41) is 7.89. The quantitative estimate of drug-likeness (QED) is 0.797. The Hall–Kier alpha value is -1.95. The third-order valence-corrected chi connectivity index (χ3v) is 4.55. The van der Waals surface area contributed by atoms with E-state index in [4.69, 9.17) is 4.74 Å². The molecule has 1 saturated carbocycles. The van der Waals surface area contributed by atoms with Gasteiger partial charge in [-0.2, -0.15) is 0 Å². The molecular weight excluding hydrogens is 268 g/mol. The summed E-state index contributed by atoms with van der Waals surface area (Å²) in [5.41, 5.74) is 1.33. The molecule has 21 heavy (non-hydrogen) atoms. The van der Waals surface area contributed by atoms with Crippen molar-refractivity contribution in [1.82, 2.24) is 19.5 Å². The van der Waals surface area contributed by atoms with E-state index in [2.05, 4.69) is 10.2 Å². The minimum absolute atomic E-state index is 0.0561. The van der Waals surface area contributed by atoms with Crippen molar-refractivity contribution in [3.8, 4) is 0 Å². The van der Waals surface area contributed by atoms with E-state index in [9.17, 15) is 4.79 Å². The second kappa shape index (κ2) is 5.11. The maximum atomic E-state index is 13.0. The molecule has 3 heterocycles. The zero-order chi connectivity index (χ0) is 14.2. The predicted octanol–water partition coefficient (Wildman–Crippen LogP) is 1.51. The lowest BCUT2D eigenvalue weighted by Crippen LogP contribution is -2.55. The van der Waals surface area contributed by atoms with Crippen LogP contribution < -0.4 is 0 Å². The van der Waals surface area contributed by atoms with Gasteiger partial charge in [0, 0.05) is 6.54 Å². The zero-order valence-corrected chi connectivity index (χ0v) is 11.8. The molecule has 0 aromatic carbocycles. The molecule has 2 aromatic heterocycles. The Balaban J connectivity index is 1.68. The van der Waals surface area contributed by atoms with E-state index in [1.54, 1.807) is 10.7 Å². The predicted molar refractivity (Wildman–Crippen MR) is 76.0 cm³/mol. The van der Waals surface area contributed by atoms with Gasteiger partial charge >= 0.3 is 0 Å². The van der Waals surface area contributed by atoms with Gasteiger partial charge in [-0.25, -0.2) is 0 Å². The van der Waals surface area contributed by atoms with Crippen LogP contribution in [-0.4, -0.2) is 50.7 Å². The molecule has 6 heteroatoms. The highest BCUT2D eigenvalue weighted by molar-refractivity contribution is 5.93. The second-order valence-corrected chi connectivity index (χ2v) is 5.73. The standard InChI is InChI=1S/C15H18N4O2/c20-15(12-5-3-7-14-17-16-10-19(12)14)18-8-9-21-13-6-2-1-4-11(13)18/h3,5,7,10-11,13H,1-2,4,6,8-9H2. The maximum absolute atomic E-state index is 13.0. The monoisotopic (exact) mass is 286 g/mol. The number of ether oxygens (including phenoxy) is 1. The molecule has 0 bridgehead atoms. The minimum Gasteiger partial charge on any atom is -0.374 e. The van der Waals surface area contributed by atoms with Gasteiger partial charge in [-0.15, -0.1) is 10.2 Å². The molecule has 0 spiro atoms. The van der Waals surface area contributed by atoms with Crippen LogP contribution in [-0.2, 0) is 4.74 Å². The normalized spacial score (nSPS) is 25.8. The van der Waals surface area contributed by atoms with Gasteiger partial charge in [0.05, 0.1) is 18.8 Å². The van der Waals surface area contributed by atoms with Gasteiger partial charge < -0.3 is 9.64 Å². The van der Waals surface area contributed by atoms with Crippen LogP contribution in [0.15, 0.2) is 24.5 Å². The van der Waals surface area contributed by atoms with Crippen LogP contribution in [0.25, 0.3) is 5.65 Å². The van der Waals surface area contributed by atoms with E-state index < -0.39 is 0 Å². The number of fused-ring (bicyclic) bond motifs is 2. The molecule has 1 aliphatic carbocycles. The molecule has 1 aliphatic heterocycles. The Bertz CT molecular complexity index is 666. The smallest absolute Gasteiger partial charge is 0.271 e. The highest BCUT2D eigenvalue weighted by atomic mass is 16.5. The van der Waals surface area contributed by atoms with Crippen molar-refractivity contribution in [2.45, 2.75) is 37.8 Å². The number of hydrogen-bond donors (Lipinski definition) is 0. The molecule has 2 fully saturated rings. The van der Waals surface area contributed by atoms with Gasteiger partial charge in [0.25, 0.3) is 5.91 Å². The lowest BCUT2D eigenvalue weighted by atomic mass is 9.90. The summed E-state index contributed by atoms with van der Waals surface area (Å²) < 4.78 is 7.60. The molecule has 1 saturated heterocycles. The summed E-state index contributed by atoms with van der Waals surface area (Å²) >= 11 is 0. The molecule has 1 amide bonds. The van der Waals surface area contributed by atoms with Crippen molar-refractivity contribution in [2.75, 3.05) is 13.2 Å². The first-order valence-corrected chi connectivity index (χ1v) is 7.56. The average molecular weight is 286 g/mol. The van der Waals surface area contributed by atoms with Crippen molar-refractivity contribution in [1.29, 1.82) is 0 Å². The first kappa shape index (κ1) is 12.8. The number of nitrogens with zero attached hydrogens (tertiary/aromatic N) is 4. The Morgan fingerprint density at radius 3 is 3.14 bits per heavy atom. The molecule has 6 nitrogen and oxygen atoms in total. The third-order valence-electron chi connectivity index (χ3n) is 4.55. The van der Waals surface area contributed by atoms with Crippen LogP contribution in [0.5, 0.6) is 0 Å². The number of morpholine rings is 1. The zero-order valence-electron chi connectivity index (χ0n) is 11.8. The molecule has 4 rings (SSSR count). The van der Waals surface area contributed by atoms with Gasteiger partial charge in [-0.3, -0.25) is 9.20 Å². The summed E-state index contributed by atoms with van der Waals surface area (Å²) in [6, 6.07) is 5.76. The van der Waals surface area contributed by atoms with Crippen LogP contribution in [0.1, 0.15) is 36.2 Å². The number of pyridine rings is 1. The van der Waals surface area contributed by atoms with Crippen molar-refractivity contribution >= 4 is 11.6 Å². The van der Waals surface area contributed by atoms with Gasteiger partial charge in [0.15, 0.2) is 5.65 Å². The number of carbonyl (C=O) groups excluding carboxylic acids is 1. The Morgan fingerprint density at radius 1 is 1.29 bits per heavy atom. The van der Waals surface area contributed by atoms with E-state index in [0.29, 0.717) is 24.5 Å². The van der Waals surface area contributed by atoms with Gasteiger partial charge in [0.1, 0.15) is 12.0 Å². The van der Waals surface area contributed by atoms with E-state index in [-0.39, 0.29) is 18.1 Å². The topological polar surface area (TPSA) is 59.7 Å². The fourth-order valence-corrected chi connectivity index (χ4v) is 3.52. The average Bonchev–Trinajstić information content (AvgIpc) is 3.02. The number of carbonyl (C=O) groups is 1. The molecule has 2 aromatic rings. The van der Waals surface area contributed by atoms with Crippen LogP contribution in [0, 0.1) is 0 Å². The molecule has 0 radical (unpaired) electrons. The highest BCUT2D eigenvalue weighted by Gasteiger charge is 2.37. The van der Waals surface area contributed by atoms with Crippen LogP contribution in [0.2, 0.25) is 0 Å². The molecule has 0 N–H and O–H groups in total. The first-order chi connectivity index (χ1) is 10.3. The van der Waals surface area contributed by atoms with Gasteiger partial charge in [-0.1, -0.05) is 18.9 Å². The molecular formula is C15H18N4O2. The van der Waals surface area contributed by atoms with Crippen molar-refractivity contribution in [2.24, 2.45) is 0 Å². The Kier molecular flexibility index (Phi) is 3.11. The Labute approximate surface area is 122 Å². The van der Waals surface area contributed by atoms with Crippen LogP contribution in [0.3, 0.4) is 0 Å². The highest BCUT2D eigenvalue weighted by Crippen LogP contribution is 2.29. The number of hydrogen-bond acceptors (Lipinski definition) is 4. The summed E-state index contributed by atoms with van der Waals surface area (Å²) in [4.78, 5) is 14.9. The van der Waals surface area contributed by atoms with Crippen molar-refractivity contribution in [3.05, 3.63) is 30.2 Å². The van der Waals surface area contributed by atoms with Gasteiger partial charge in [0.2, 0.25) is 0 Å². The summed E-state index contributed by atoms with van der Waals surface area (Å²) in [7, 11) is 0. The van der Waals surface area contributed by atoms with E-state index >= 15 is 0 Å². The Morgan fingerprint density at radius 2 is 2.19 bits per heavy atom. The number of rotatable bonds is 1. The third kappa shape index (κ3) is 2.10. The summed E-state index contributed by atoms with van der Waals surface area (Å²) in [6.07, 6.45) is 6.27. The minimum atomic E-state index is 0.0561. The lowest BCUT2D eigenvalue weighted by Gasteiger charge is -2.43. The van der Waals surface area contributed by atoms with Crippen molar-refractivity contribution < 1.29 is 9.53 Å². The largest absolute Gasteiger partial charge is 0.374 e. The van der Waals surface area contributed by atoms with E-state index in [1.807, 2.05) is 23.1 Å². The van der Waals surface area contributed by atoms with Crippen LogP contribution in [0.4, 0.5) is 0 Å². The summed E-state index contributed by atoms with van der Waals surface area (Å²) in [6.45, 7) is 1.30. The fourth-order valence-electron chi connectivity index (χ4n) is 3.52. The lowest BCUT2D eigenvalue weighted by molar-refractivity contribution is -0.0754. The van der Waals surface area contributed by atoms with Crippen molar-refractivity contribution in [3.63, 3.8) is 0 Å². The number of aromatic nitrogens is 3. The molecule has 2 unspecified atom stereocenters. The number of amides is 1. The molecule has 2 atom stereocenters. The van der Waals surface area contributed by atoms with E-state index in [1.165, 1.54) is 12.8 Å². The molecule has 2 aliphatic rings. The molecule has 110 valence electrons. The van der Waals surface area contributed by atoms with Crippen LogP contribution >= 0.6 is 0 Å². The van der Waals surface area contributed by atoms with E-state index in [0.717, 1.165) is 12.8 Å².